The number of thioether (sulfide) groups is 1. The van der Waals surface area contributed by atoms with E-state index in [0.29, 0.717) is 55.6 Å². The van der Waals surface area contributed by atoms with Gasteiger partial charge in [-0.25, -0.2) is 4.39 Å². The predicted molar refractivity (Wildman–Crippen MR) is 161 cm³/mol. The number of amides is 1. The minimum absolute atomic E-state index is 0.0329. The molecule has 1 aliphatic heterocycles. The van der Waals surface area contributed by atoms with Crippen LogP contribution in [0.2, 0.25) is 5.02 Å². The topological polar surface area (TPSA) is 134 Å². The van der Waals surface area contributed by atoms with Gasteiger partial charge in [0.15, 0.2) is 10.1 Å². The maximum atomic E-state index is 13.7. The van der Waals surface area contributed by atoms with Gasteiger partial charge in [0.1, 0.15) is 17.4 Å². The van der Waals surface area contributed by atoms with Crippen LogP contribution in [0.4, 0.5) is 15.2 Å². The van der Waals surface area contributed by atoms with Crippen LogP contribution in [0.25, 0.3) is 0 Å². The maximum Gasteiger partial charge on any atom is 0.234 e. The molecule has 2 aromatic carbocycles. The normalized spacial score (nSPS) is 18.0. The van der Waals surface area contributed by atoms with E-state index in [1.54, 1.807) is 35.2 Å². The molecule has 216 valence electrons. The van der Waals surface area contributed by atoms with Crippen molar-refractivity contribution >= 4 is 57.2 Å². The molecule has 0 bridgehead atoms. The Morgan fingerprint density at radius 2 is 2.02 bits per heavy atom. The third kappa shape index (κ3) is 5.86. The first-order chi connectivity index (χ1) is 20.0. The number of nitrogens with zero attached hydrogens (tertiary/aromatic N) is 4. The number of hydrogen-bond acceptors (Lipinski definition) is 10. The van der Waals surface area contributed by atoms with Gasteiger partial charge < -0.3 is 15.8 Å². The highest BCUT2D eigenvalue weighted by atomic mass is 35.5. The minimum atomic E-state index is -0.723. The summed E-state index contributed by atoms with van der Waals surface area (Å²) in [6.45, 7) is 3.99. The monoisotopic (exact) mass is 624 g/mol. The molecule has 1 unspecified atom stereocenters. The number of carbonyl (C=O) groups is 2. The van der Waals surface area contributed by atoms with E-state index in [2.05, 4.69) is 21.6 Å². The number of Topliss-reactive ketones (excluding diaryl/α,β-unsaturated/α-hetero) is 1. The highest BCUT2D eigenvalue weighted by Gasteiger charge is 2.45. The van der Waals surface area contributed by atoms with Crippen molar-refractivity contribution in [3.05, 3.63) is 81.5 Å². The van der Waals surface area contributed by atoms with E-state index >= 15 is 0 Å². The summed E-state index contributed by atoms with van der Waals surface area (Å²) >= 11 is 8.43. The number of hydrogen-bond donors (Lipinski definition) is 2. The van der Waals surface area contributed by atoms with Crippen LogP contribution in [-0.4, -0.2) is 34.8 Å². The molecule has 0 saturated heterocycles. The smallest absolute Gasteiger partial charge is 0.234 e. The van der Waals surface area contributed by atoms with Crippen molar-refractivity contribution in [3.8, 4) is 11.8 Å². The zero-order valence-electron chi connectivity index (χ0n) is 22.9. The van der Waals surface area contributed by atoms with Gasteiger partial charge in [-0.2, -0.15) is 5.26 Å². The number of nitrogens with two attached hydrogens (primary N) is 1. The molecule has 1 atom stereocenters. The van der Waals surface area contributed by atoms with Crippen LogP contribution in [0.3, 0.4) is 0 Å². The second-order valence-electron chi connectivity index (χ2n) is 10.6. The van der Waals surface area contributed by atoms with Gasteiger partial charge in [0.25, 0.3) is 0 Å². The van der Waals surface area contributed by atoms with Crippen LogP contribution in [0.5, 0.6) is 5.75 Å². The number of ketones is 1. The number of anilines is 2. The Labute approximate surface area is 255 Å². The van der Waals surface area contributed by atoms with Gasteiger partial charge in [-0.3, -0.25) is 14.5 Å². The minimum Gasteiger partial charge on any atom is -0.495 e. The summed E-state index contributed by atoms with van der Waals surface area (Å²) in [6, 6.07) is 12.9. The molecule has 3 N–H and O–H groups in total. The molecule has 5 rings (SSSR count). The number of benzene rings is 2. The molecule has 0 spiro atoms. The molecule has 2 heterocycles. The van der Waals surface area contributed by atoms with Crippen LogP contribution in [0.15, 0.2) is 69.5 Å². The first kappa shape index (κ1) is 29.6. The first-order valence-corrected chi connectivity index (χ1v) is 15.0. The van der Waals surface area contributed by atoms with Crippen LogP contribution in [-0.2, 0) is 9.59 Å². The first-order valence-electron chi connectivity index (χ1n) is 12.8. The Kier molecular flexibility index (Phi) is 8.28. The summed E-state index contributed by atoms with van der Waals surface area (Å²) in [5, 5.41) is 22.4. The predicted octanol–water partition coefficient (Wildman–Crippen LogP) is 6.01. The molecule has 0 fully saturated rings. The number of nitrogens with one attached hydrogen (secondary N) is 1. The van der Waals surface area contributed by atoms with Crippen LogP contribution >= 0.6 is 34.7 Å². The fourth-order valence-corrected chi connectivity index (χ4v) is 7.01. The van der Waals surface area contributed by atoms with Crippen molar-refractivity contribution in [2.45, 2.75) is 36.9 Å². The zero-order chi connectivity index (χ0) is 30.2. The summed E-state index contributed by atoms with van der Waals surface area (Å²) in [7, 11) is 1.50. The van der Waals surface area contributed by atoms with E-state index in [0.717, 1.165) is 0 Å². The lowest BCUT2D eigenvalue weighted by Crippen LogP contribution is -2.42. The highest BCUT2D eigenvalue weighted by molar-refractivity contribution is 8.01. The Hall–Kier alpha value is -3.92. The number of carbonyl (C=O) groups excluding carboxylic acids is 2. The Bertz CT molecular complexity index is 1680. The molecular formula is C29H26ClFN6O3S2. The SMILES string of the molecule is COc1ccc(Cl)cc1NC(=O)CSc1nnc(N2C(N)=C(C#N)C(c3ccc(F)cc3)C3=C2CC(C)(C)CC3=O)s1. The lowest BCUT2D eigenvalue weighted by molar-refractivity contribution is -0.118. The standard InChI is InChI=1S/C29H26ClFN6O3S2/c1-29(2)11-20-25(21(38)12-29)24(15-4-7-17(31)8-5-15)18(13-32)26(33)37(20)27-35-36-28(42-27)41-14-23(39)34-19-10-16(30)6-9-22(19)40-3/h4-10,24H,11-12,14,33H2,1-3H3,(H,34,39). The second-order valence-corrected chi connectivity index (χ2v) is 13.2. The maximum absolute atomic E-state index is 13.7. The van der Waals surface area contributed by atoms with E-state index in [9.17, 15) is 19.2 Å². The van der Waals surface area contributed by atoms with E-state index < -0.39 is 11.7 Å². The fourth-order valence-electron chi connectivity index (χ4n) is 5.16. The number of nitriles is 1. The van der Waals surface area contributed by atoms with Crippen molar-refractivity contribution in [2.75, 3.05) is 23.1 Å². The lowest BCUT2D eigenvalue weighted by Gasteiger charge is -2.42. The van der Waals surface area contributed by atoms with Crippen molar-refractivity contribution in [1.29, 1.82) is 5.26 Å². The average Bonchev–Trinajstić information content (AvgIpc) is 3.40. The fraction of sp³-hybridized carbons (Fsp3) is 0.276. The summed E-state index contributed by atoms with van der Waals surface area (Å²) in [5.41, 5.74) is 8.58. The van der Waals surface area contributed by atoms with Crippen LogP contribution < -0.4 is 20.7 Å². The van der Waals surface area contributed by atoms with E-state index in [4.69, 9.17) is 22.1 Å². The summed E-state index contributed by atoms with van der Waals surface area (Å²) in [5.74, 6) is -0.901. The lowest BCUT2D eigenvalue weighted by atomic mass is 9.69. The molecule has 1 aliphatic carbocycles. The van der Waals surface area contributed by atoms with Crippen molar-refractivity contribution in [3.63, 3.8) is 0 Å². The Balaban J connectivity index is 1.45. The number of ether oxygens (including phenoxy) is 1. The largest absolute Gasteiger partial charge is 0.495 e. The number of rotatable bonds is 7. The van der Waals surface area contributed by atoms with Crippen molar-refractivity contribution < 1.29 is 18.7 Å². The molecule has 0 saturated carbocycles. The van der Waals surface area contributed by atoms with Gasteiger partial charge in [-0.15, -0.1) is 10.2 Å². The van der Waals surface area contributed by atoms with Gasteiger partial charge >= 0.3 is 0 Å². The second kappa shape index (κ2) is 11.8. The van der Waals surface area contributed by atoms with Crippen molar-refractivity contribution in [2.24, 2.45) is 11.1 Å². The molecule has 3 aromatic rings. The molecule has 9 nitrogen and oxygen atoms in total. The average molecular weight is 625 g/mol. The third-order valence-electron chi connectivity index (χ3n) is 6.93. The molecular weight excluding hydrogens is 599 g/mol. The van der Waals surface area contributed by atoms with Crippen molar-refractivity contribution in [1.82, 2.24) is 10.2 Å². The van der Waals surface area contributed by atoms with Crippen LogP contribution in [0.1, 0.15) is 38.2 Å². The molecule has 13 heteroatoms. The summed E-state index contributed by atoms with van der Waals surface area (Å²) in [4.78, 5) is 27.9. The van der Waals surface area contributed by atoms with Gasteiger partial charge in [-0.1, -0.05) is 60.7 Å². The molecule has 1 aromatic heterocycles. The quantitative estimate of drug-likeness (QED) is 0.303. The molecule has 42 heavy (non-hydrogen) atoms. The Morgan fingerprint density at radius 3 is 2.71 bits per heavy atom. The van der Waals surface area contributed by atoms with Gasteiger partial charge in [-0.05, 0) is 47.7 Å². The van der Waals surface area contributed by atoms with Crippen LogP contribution in [0, 0.1) is 22.6 Å². The van der Waals surface area contributed by atoms with Gasteiger partial charge in [0.2, 0.25) is 11.0 Å². The molecule has 2 aliphatic rings. The van der Waals surface area contributed by atoms with Gasteiger partial charge in [0, 0.05) is 22.7 Å². The number of aromatic nitrogens is 2. The van der Waals surface area contributed by atoms with E-state index in [-0.39, 0.29) is 34.3 Å². The summed E-state index contributed by atoms with van der Waals surface area (Å²) < 4.78 is 19.5. The molecule has 1 amide bonds. The summed E-state index contributed by atoms with van der Waals surface area (Å²) in [6.07, 6.45) is 0.789. The number of methoxy groups -OCH3 is 1. The number of allylic oxidation sites excluding steroid dienone is 3. The van der Waals surface area contributed by atoms with Gasteiger partial charge in [0.05, 0.1) is 36.1 Å². The zero-order valence-corrected chi connectivity index (χ0v) is 25.3. The number of halogens is 2. The Morgan fingerprint density at radius 1 is 1.29 bits per heavy atom. The third-order valence-corrected chi connectivity index (χ3v) is 9.21. The highest BCUT2D eigenvalue weighted by Crippen LogP contribution is 2.50. The molecule has 0 radical (unpaired) electrons. The van der Waals surface area contributed by atoms with E-state index in [1.807, 2.05) is 13.8 Å². The van der Waals surface area contributed by atoms with E-state index in [1.165, 1.54) is 42.3 Å².